The van der Waals surface area contributed by atoms with E-state index in [4.69, 9.17) is 13.9 Å². The van der Waals surface area contributed by atoms with E-state index in [1.54, 1.807) is 30.6 Å². The molecule has 0 saturated heterocycles. The van der Waals surface area contributed by atoms with Crippen LogP contribution >= 0.6 is 0 Å². The number of pyridine rings is 1. The number of hydrogen-bond donors (Lipinski definition) is 1. The molecule has 1 aliphatic heterocycles. The van der Waals surface area contributed by atoms with Crippen molar-refractivity contribution in [3.8, 4) is 23.0 Å². The summed E-state index contributed by atoms with van der Waals surface area (Å²) >= 11 is 0. The van der Waals surface area contributed by atoms with E-state index in [1.165, 1.54) is 36.4 Å². The topological polar surface area (TPSA) is 147 Å². The SMILES string of the molecule is O=[N+]([O-])c1ccccc1-c1nc(S(=O)(=O)c2ccc3c(c2)OCCO3)c(NCc2cccnc2)o1. The molecule has 0 amide bonds. The summed E-state index contributed by atoms with van der Waals surface area (Å²) < 4.78 is 44.0. The Morgan fingerprint density at radius 2 is 1.83 bits per heavy atom. The van der Waals surface area contributed by atoms with E-state index in [1.807, 2.05) is 0 Å². The average Bonchev–Trinajstić information content (AvgIpc) is 3.33. The van der Waals surface area contributed by atoms with Gasteiger partial charge in [0.1, 0.15) is 18.8 Å². The van der Waals surface area contributed by atoms with Crippen LogP contribution in [0.25, 0.3) is 11.5 Å². The van der Waals surface area contributed by atoms with Crippen molar-refractivity contribution in [2.24, 2.45) is 0 Å². The van der Waals surface area contributed by atoms with Gasteiger partial charge in [-0.25, -0.2) is 8.42 Å². The van der Waals surface area contributed by atoms with Gasteiger partial charge in [-0.15, -0.1) is 0 Å². The van der Waals surface area contributed by atoms with E-state index < -0.39 is 19.8 Å². The van der Waals surface area contributed by atoms with Crippen LogP contribution in [-0.4, -0.2) is 36.5 Å². The number of nitro groups is 1. The van der Waals surface area contributed by atoms with Crippen molar-refractivity contribution >= 4 is 21.4 Å². The van der Waals surface area contributed by atoms with Gasteiger partial charge >= 0.3 is 0 Å². The lowest BCUT2D eigenvalue weighted by molar-refractivity contribution is -0.384. The Hall–Kier alpha value is -4.45. The Morgan fingerprint density at radius 1 is 1.03 bits per heavy atom. The molecule has 11 nitrogen and oxygen atoms in total. The highest BCUT2D eigenvalue weighted by Crippen LogP contribution is 2.38. The lowest BCUT2D eigenvalue weighted by atomic mass is 10.2. The first-order valence-corrected chi connectivity index (χ1v) is 11.9. The number of fused-ring (bicyclic) bond motifs is 1. The van der Waals surface area contributed by atoms with Gasteiger partial charge in [0.05, 0.1) is 9.82 Å². The smallest absolute Gasteiger partial charge is 0.282 e. The van der Waals surface area contributed by atoms with Crippen molar-refractivity contribution in [1.82, 2.24) is 9.97 Å². The Balaban J connectivity index is 1.60. The largest absolute Gasteiger partial charge is 0.486 e. The molecule has 5 rings (SSSR count). The van der Waals surface area contributed by atoms with Gasteiger partial charge in [-0.2, -0.15) is 4.98 Å². The van der Waals surface area contributed by atoms with Crippen molar-refractivity contribution in [2.75, 3.05) is 18.5 Å². The zero-order valence-corrected chi connectivity index (χ0v) is 18.9. The van der Waals surface area contributed by atoms with Crippen LogP contribution in [0.1, 0.15) is 5.56 Å². The summed E-state index contributed by atoms with van der Waals surface area (Å²) in [5.41, 5.74) is 0.542. The molecule has 2 aromatic heterocycles. The third-order valence-corrected chi connectivity index (χ3v) is 6.84. The van der Waals surface area contributed by atoms with Gasteiger partial charge in [-0.05, 0) is 29.8 Å². The lowest BCUT2D eigenvalue weighted by Crippen LogP contribution is -2.16. The second-order valence-corrected chi connectivity index (χ2v) is 9.32. The van der Waals surface area contributed by atoms with Crippen molar-refractivity contribution in [3.63, 3.8) is 0 Å². The molecule has 0 aliphatic carbocycles. The lowest BCUT2D eigenvalue weighted by Gasteiger charge is -2.18. The molecule has 0 atom stereocenters. The molecule has 3 heterocycles. The maximum atomic E-state index is 13.6. The van der Waals surface area contributed by atoms with Crippen LogP contribution in [0.4, 0.5) is 11.6 Å². The van der Waals surface area contributed by atoms with Gasteiger partial charge in [0.25, 0.3) is 5.69 Å². The fourth-order valence-corrected chi connectivity index (χ4v) is 4.81. The van der Waals surface area contributed by atoms with Crippen LogP contribution in [0.2, 0.25) is 0 Å². The third kappa shape index (κ3) is 4.38. The van der Waals surface area contributed by atoms with Crippen molar-refractivity contribution < 1.29 is 27.2 Å². The minimum atomic E-state index is -4.22. The Kier molecular flexibility index (Phi) is 5.79. The van der Waals surface area contributed by atoms with Crippen molar-refractivity contribution in [1.29, 1.82) is 0 Å². The maximum absolute atomic E-state index is 13.6. The molecule has 2 aromatic carbocycles. The van der Waals surface area contributed by atoms with Crippen LogP contribution in [0.3, 0.4) is 0 Å². The molecule has 178 valence electrons. The fraction of sp³-hybridized carbons (Fsp3) is 0.130. The number of anilines is 1. The average molecular weight is 494 g/mol. The second-order valence-electron chi connectivity index (χ2n) is 7.45. The number of ether oxygens (including phenoxy) is 2. The summed E-state index contributed by atoms with van der Waals surface area (Å²) in [6, 6.07) is 13.6. The van der Waals surface area contributed by atoms with Crippen molar-refractivity contribution in [3.05, 3.63) is 82.7 Å². The standard InChI is InChI=1S/C23H18N4O7S/c28-27(29)18-6-2-1-5-17(18)21-26-23(22(34-21)25-14-15-4-3-9-24-13-15)35(30,31)16-7-8-19-20(12-16)33-11-10-32-19/h1-9,12-13,25H,10-11,14H2. The summed E-state index contributed by atoms with van der Waals surface area (Å²) in [7, 11) is -4.22. The quantitative estimate of drug-likeness (QED) is 0.297. The number of nitrogens with one attached hydrogen (secondary N) is 1. The van der Waals surface area contributed by atoms with Crippen LogP contribution in [0.5, 0.6) is 11.5 Å². The van der Waals surface area contributed by atoms with Crippen LogP contribution < -0.4 is 14.8 Å². The van der Waals surface area contributed by atoms with Gasteiger partial charge in [-0.3, -0.25) is 15.1 Å². The van der Waals surface area contributed by atoms with Crippen molar-refractivity contribution in [2.45, 2.75) is 16.5 Å². The van der Waals surface area contributed by atoms with E-state index >= 15 is 0 Å². The third-order valence-electron chi connectivity index (χ3n) is 5.18. The number of benzene rings is 2. The summed E-state index contributed by atoms with van der Waals surface area (Å²) in [5, 5.41) is 14.0. The predicted molar refractivity (Wildman–Crippen MR) is 123 cm³/mol. The highest BCUT2D eigenvalue weighted by molar-refractivity contribution is 7.91. The molecule has 4 aromatic rings. The zero-order chi connectivity index (χ0) is 24.4. The molecule has 1 aliphatic rings. The monoisotopic (exact) mass is 494 g/mol. The number of oxazole rings is 1. The number of nitro benzene ring substituents is 1. The van der Waals surface area contributed by atoms with Gasteiger partial charge in [0.15, 0.2) is 11.5 Å². The van der Waals surface area contributed by atoms with Crippen LogP contribution in [0.15, 0.2) is 81.3 Å². The van der Waals surface area contributed by atoms with E-state index in [0.717, 1.165) is 5.56 Å². The molecule has 0 bridgehead atoms. The van der Waals surface area contributed by atoms with Crippen LogP contribution in [0, 0.1) is 10.1 Å². The summed E-state index contributed by atoms with van der Waals surface area (Å²) in [6.07, 6.45) is 3.23. The highest BCUT2D eigenvalue weighted by atomic mass is 32.2. The van der Waals surface area contributed by atoms with E-state index in [9.17, 15) is 18.5 Å². The minimum Gasteiger partial charge on any atom is -0.486 e. The first-order chi connectivity index (χ1) is 16.9. The first kappa shape index (κ1) is 22.3. The summed E-state index contributed by atoms with van der Waals surface area (Å²) in [4.78, 5) is 19.1. The molecule has 0 unspecified atom stereocenters. The van der Waals surface area contributed by atoms with E-state index in [2.05, 4.69) is 15.3 Å². The number of nitrogens with zero attached hydrogens (tertiary/aromatic N) is 3. The second kappa shape index (κ2) is 9.06. The molecular weight excluding hydrogens is 476 g/mol. The molecule has 0 saturated carbocycles. The Labute approximate surface area is 199 Å². The number of aromatic nitrogens is 2. The number of sulfone groups is 1. The van der Waals surface area contributed by atoms with Gasteiger partial charge in [-0.1, -0.05) is 18.2 Å². The number of rotatable bonds is 7. The van der Waals surface area contributed by atoms with E-state index in [-0.39, 0.29) is 34.5 Å². The Morgan fingerprint density at radius 3 is 2.60 bits per heavy atom. The first-order valence-electron chi connectivity index (χ1n) is 10.5. The maximum Gasteiger partial charge on any atom is 0.282 e. The molecule has 12 heteroatoms. The molecule has 0 fully saturated rings. The molecular formula is C23H18N4O7S. The summed E-state index contributed by atoms with van der Waals surface area (Å²) in [5.74, 6) is 0.370. The van der Waals surface area contributed by atoms with Gasteiger partial charge in [0.2, 0.25) is 26.6 Å². The molecule has 1 N–H and O–H groups in total. The van der Waals surface area contributed by atoms with Crippen LogP contribution in [-0.2, 0) is 16.4 Å². The predicted octanol–water partition coefficient (Wildman–Crippen LogP) is 3.86. The van der Waals surface area contributed by atoms with Gasteiger partial charge in [0, 0.05) is 31.1 Å². The zero-order valence-electron chi connectivity index (χ0n) is 18.1. The Bertz CT molecular complexity index is 1500. The normalized spacial score (nSPS) is 12.8. The fourth-order valence-electron chi connectivity index (χ4n) is 3.52. The molecule has 0 radical (unpaired) electrons. The van der Waals surface area contributed by atoms with Gasteiger partial charge < -0.3 is 19.2 Å². The minimum absolute atomic E-state index is 0.0468. The molecule has 0 spiro atoms. The molecule has 35 heavy (non-hydrogen) atoms. The van der Waals surface area contributed by atoms with E-state index in [0.29, 0.717) is 24.7 Å². The number of para-hydroxylation sites is 1. The highest BCUT2D eigenvalue weighted by Gasteiger charge is 2.31. The number of hydrogen-bond acceptors (Lipinski definition) is 10. The summed E-state index contributed by atoms with van der Waals surface area (Å²) in [6.45, 7) is 0.841.